The second-order valence-corrected chi connectivity index (χ2v) is 7.40. The van der Waals surface area contributed by atoms with E-state index < -0.39 is 0 Å². The van der Waals surface area contributed by atoms with Crippen molar-refractivity contribution in [2.24, 2.45) is 0 Å². The maximum Gasteiger partial charge on any atom is 0.155 e. The molecular formula is C14H23O2S+. The first-order chi connectivity index (χ1) is 7.99. The van der Waals surface area contributed by atoms with Crippen molar-refractivity contribution >= 4 is 10.9 Å². The van der Waals surface area contributed by atoms with Gasteiger partial charge in [-0.1, -0.05) is 32.9 Å². The summed E-state index contributed by atoms with van der Waals surface area (Å²) in [5, 5.41) is 18.1. The molecular weight excluding hydrogens is 232 g/mol. The second-order valence-electron chi connectivity index (χ2n) is 5.12. The van der Waals surface area contributed by atoms with Gasteiger partial charge in [-0.15, -0.1) is 0 Å². The smallest absolute Gasteiger partial charge is 0.155 e. The summed E-state index contributed by atoms with van der Waals surface area (Å²) >= 11 is 0. The summed E-state index contributed by atoms with van der Waals surface area (Å²) in [6.07, 6.45) is 0. The zero-order valence-electron chi connectivity index (χ0n) is 10.9. The quantitative estimate of drug-likeness (QED) is 0.790. The highest BCUT2D eigenvalue weighted by Crippen LogP contribution is 2.24. The molecule has 3 heteroatoms. The van der Waals surface area contributed by atoms with Crippen molar-refractivity contribution in [3.63, 3.8) is 0 Å². The van der Waals surface area contributed by atoms with Gasteiger partial charge in [-0.3, -0.25) is 0 Å². The summed E-state index contributed by atoms with van der Waals surface area (Å²) in [6, 6.07) is 8.58. The van der Waals surface area contributed by atoms with E-state index >= 15 is 0 Å². The van der Waals surface area contributed by atoms with Gasteiger partial charge in [0.2, 0.25) is 0 Å². The van der Waals surface area contributed by atoms with Gasteiger partial charge in [-0.05, 0) is 23.1 Å². The van der Waals surface area contributed by atoms with E-state index in [0.717, 1.165) is 11.5 Å². The van der Waals surface area contributed by atoms with E-state index in [9.17, 15) is 0 Å². The van der Waals surface area contributed by atoms with Crippen LogP contribution in [0.4, 0.5) is 0 Å². The van der Waals surface area contributed by atoms with Crippen molar-refractivity contribution in [3.05, 3.63) is 29.8 Å². The van der Waals surface area contributed by atoms with Gasteiger partial charge in [0.15, 0.2) is 4.90 Å². The molecule has 0 saturated heterocycles. The Morgan fingerprint density at radius 2 is 1.41 bits per heavy atom. The Morgan fingerprint density at radius 3 is 1.76 bits per heavy atom. The minimum Gasteiger partial charge on any atom is -0.391 e. The van der Waals surface area contributed by atoms with Crippen molar-refractivity contribution in [1.82, 2.24) is 0 Å². The lowest BCUT2D eigenvalue weighted by atomic mass is 9.87. The van der Waals surface area contributed by atoms with Crippen molar-refractivity contribution in [3.8, 4) is 0 Å². The predicted octanol–water partition coefficient (Wildman–Crippen LogP) is 1.95. The van der Waals surface area contributed by atoms with E-state index in [-0.39, 0.29) is 29.5 Å². The fraction of sp³-hybridized carbons (Fsp3) is 0.571. The fourth-order valence-corrected chi connectivity index (χ4v) is 3.34. The highest BCUT2D eigenvalue weighted by atomic mass is 32.2. The summed E-state index contributed by atoms with van der Waals surface area (Å²) < 4.78 is 0. The van der Waals surface area contributed by atoms with Gasteiger partial charge >= 0.3 is 0 Å². The lowest BCUT2D eigenvalue weighted by molar-refractivity contribution is 0.316. The van der Waals surface area contributed by atoms with Crippen LogP contribution in [-0.4, -0.2) is 34.9 Å². The maximum absolute atomic E-state index is 9.03. The monoisotopic (exact) mass is 255 g/mol. The zero-order valence-corrected chi connectivity index (χ0v) is 11.8. The van der Waals surface area contributed by atoms with Gasteiger partial charge in [0.1, 0.15) is 11.5 Å². The standard InChI is InChI=1S/C14H23O2S/c1-14(2,3)12-4-6-13(7-5-12)17(10-8-15)11-9-16/h4-7,15-16H,8-11H2,1-3H3/q+1. The molecule has 0 amide bonds. The van der Waals surface area contributed by atoms with Gasteiger partial charge in [0, 0.05) is 10.9 Å². The Labute approximate surface area is 107 Å². The molecule has 0 fully saturated rings. The minimum atomic E-state index is -0.0230. The molecule has 0 bridgehead atoms. The zero-order chi connectivity index (χ0) is 12.9. The molecule has 0 aliphatic heterocycles. The number of benzene rings is 1. The van der Waals surface area contributed by atoms with Gasteiger partial charge in [-0.25, -0.2) is 0 Å². The number of rotatable bonds is 5. The lowest BCUT2D eigenvalue weighted by Crippen LogP contribution is -2.18. The van der Waals surface area contributed by atoms with E-state index in [1.54, 1.807) is 0 Å². The molecule has 0 aliphatic carbocycles. The van der Waals surface area contributed by atoms with Crippen LogP contribution in [0.5, 0.6) is 0 Å². The molecule has 1 aromatic rings. The molecule has 1 aromatic carbocycles. The van der Waals surface area contributed by atoms with Crippen molar-refractivity contribution in [1.29, 1.82) is 0 Å². The minimum absolute atomic E-state index is 0.0230. The average Bonchev–Trinajstić information content (AvgIpc) is 2.28. The predicted molar refractivity (Wildman–Crippen MR) is 74.7 cm³/mol. The third kappa shape index (κ3) is 4.34. The first-order valence-corrected chi connectivity index (χ1v) is 7.55. The van der Waals surface area contributed by atoms with E-state index in [1.807, 2.05) is 0 Å². The Kier molecular flexibility index (Phi) is 5.50. The first kappa shape index (κ1) is 14.6. The van der Waals surface area contributed by atoms with Gasteiger partial charge < -0.3 is 10.2 Å². The Balaban J connectivity index is 2.84. The molecule has 0 saturated carbocycles. The second kappa shape index (κ2) is 6.43. The molecule has 1 rings (SSSR count). The van der Waals surface area contributed by atoms with E-state index in [0.29, 0.717) is 0 Å². The largest absolute Gasteiger partial charge is 0.391 e. The van der Waals surface area contributed by atoms with Crippen LogP contribution < -0.4 is 0 Å². The molecule has 0 radical (unpaired) electrons. The fourth-order valence-electron chi connectivity index (χ4n) is 1.71. The Bertz CT molecular complexity index is 321. The van der Waals surface area contributed by atoms with Crippen LogP contribution in [0.25, 0.3) is 0 Å². The van der Waals surface area contributed by atoms with E-state index in [4.69, 9.17) is 10.2 Å². The van der Waals surface area contributed by atoms with Crippen molar-refractivity contribution in [2.45, 2.75) is 31.1 Å². The summed E-state index contributed by atoms with van der Waals surface area (Å²) in [5.41, 5.74) is 1.49. The van der Waals surface area contributed by atoms with Crippen LogP contribution in [0, 0.1) is 0 Å². The van der Waals surface area contributed by atoms with Gasteiger partial charge in [0.25, 0.3) is 0 Å². The molecule has 2 N–H and O–H groups in total. The van der Waals surface area contributed by atoms with Crippen LogP contribution in [0.3, 0.4) is 0 Å². The van der Waals surface area contributed by atoms with E-state index in [2.05, 4.69) is 45.0 Å². The number of aliphatic hydroxyl groups is 2. The third-order valence-corrected chi connectivity index (χ3v) is 5.02. The van der Waals surface area contributed by atoms with Crippen LogP contribution in [0.1, 0.15) is 26.3 Å². The number of aliphatic hydroxyl groups excluding tert-OH is 2. The molecule has 96 valence electrons. The maximum atomic E-state index is 9.03. The highest BCUT2D eigenvalue weighted by molar-refractivity contribution is 7.96. The molecule has 17 heavy (non-hydrogen) atoms. The van der Waals surface area contributed by atoms with Crippen LogP contribution >= 0.6 is 0 Å². The van der Waals surface area contributed by atoms with Crippen molar-refractivity contribution in [2.75, 3.05) is 24.7 Å². The van der Waals surface area contributed by atoms with Gasteiger partial charge in [0.05, 0.1) is 13.2 Å². The lowest BCUT2D eigenvalue weighted by Gasteiger charge is -2.19. The molecule has 0 atom stereocenters. The topological polar surface area (TPSA) is 40.5 Å². The molecule has 0 unspecified atom stereocenters. The third-order valence-electron chi connectivity index (χ3n) is 2.73. The van der Waals surface area contributed by atoms with Crippen LogP contribution in [-0.2, 0) is 16.3 Å². The Morgan fingerprint density at radius 1 is 0.941 bits per heavy atom. The Hall–Kier alpha value is -0.510. The first-order valence-electron chi connectivity index (χ1n) is 5.99. The van der Waals surface area contributed by atoms with Crippen LogP contribution in [0.2, 0.25) is 0 Å². The molecule has 0 aromatic heterocycles. The van der Waals surface area contributed by atoms with E-state index in [1.165, 1.54) is 10.5 Å². The molecule has 0 aliphatic rings. The van der Waals surface area contributed by atoms with Crippen molar-refractivity contribution < 1.29 is 10.2 Å². The molecule has 2 nitrogen and oxygen atoms in total. The molecule has 0 spiro atoms. The summed E-state index contributed by atoms with van der Waals surface area (Å²) in [4.78, 5) is 1.24. The normalized spacial score (nSPS) is 12.1. The molecule has 0 heterocycles. The number of hydrogen-bond donors (Lipinski definition) is 2. The number of hydrogen-bond acceptors (Lipinski definition) is 2. The summed E-state index contributed by atoms with van der Waals surface area (Å²) in [5.74, 6) is 1.49. The van der Waals surface area contributed by atoms with Crippen LogP contribution in [0.15, 0.2) is 29.2 Å². The average molecular weight is 255 g/mol. The highest BCUT2D eigenvalue weighted by Gasteiger charge is 2.21. The summed E-state index contributed by atoms with van der Waals surface area (Å²) in [7, 11) is -0.0230. The van der Waals surface area contributed by atoms with Gasteiger partial charge in [-0.2, -0.15) is 0 Å². The summed E-state index contributed by atoms with van der Waals surface area (Å²) in [6.45, 7) is 6.96. The SMILES string of the molecule is CC(C)(C)c1ccc([S+](CCO)CCO)cc1.